The van der Waals surface area contributed by atoms with Crippen LogP contribution in [0.1, 0.15) is 40.5 Å². The second kappa shape index (κ2) is 12.5. The van der Waals surface area contributed by atoms with Crippen LogP contribution in [0.15, 0.2) is 54.2 Å². The molecule has 2 fully saturated rings. The number of rotatable bonds is 7. The highest BCUT2D eigenvalue weighted by molar-refractivity contribution is 6.36. The topological polar surface area (TPSA) is 13.0 Å². The van der Waals surface area contributed by atoms with Crippen molar-refractivity contribution < 1.29 is 4.39 Å². The predicted octanol–water partition coefficient (Wildman–Crippen LogP) is 6.74. The molecule has 178 valence electrons. The van der Waals surface area contributed by atoms with E-state index in [1.165, 1.54) is 0 Å². The highest BCUT2D eigenvalue weighted by Gasteiger charge is 2.43. The fourth-order valence-corrected chi connectivity index (χ4v) is 4.82. The molecule has 0 saturated carbocycles. The predicted molar refractivity (Wildman–Crippen MR) is 137 cm³/mol. The molecule has 0 radical (unpaired) electrons. The summed E-state index contributed by atoms with van der Waals surface area (Å²) < 4.78 is 15.2. The lowest BCUT2D eigenvalue weighted by Gasteiger charge is -2.44. The van der Waals surface area contributed by atoms with Gasteiger partial charge in [0.25, 0.3) is 0 Å². The van der Waals surface area contributed by atoms with Gasteiger partial charge in [-0.3, -0.25) is 4.90 Å². The first-order valence-electron chi connectivity index (χ1n) is 11.6. The van der Waals surface area contributed by atoms with Gasteiger partial charge in [0.05, 0.1) is 22.1 Å². The molecule has 2 aliphatic rings. The summed E-state index contributed by atoms with van der Waals surface area (Å²) in [5.74, 6) is -0.258. The number of anilines is 1. The third-order valence-electron chi connectivity index (χ3n) is 5.73. The van der Waals surface area contributed by atoms with Crippen molar-refractivity contribution in [3.63, 3.8) is 0 Å². The summed E-state index contributed by atoms with van der Waals surface area (Å²) in [5, 5.41) is 1.19. The van der Waals surface area contributed by atoms with Crippen molar-refractivity contribution in [1.82, 2.24) is 14.7 Å². The Hall–Kier alpha value is -1.69. The van der Waals surface area contributed by atoms with Crippen LogP contribution in [0.4, 0.5) is 10.1 Å². The van der Waals surface area contributed by atoms with E-state index in [9.17, 15) is 0 Å². The molecule has 0 N–H and O–H groups in total. The van der Waals surface area contributed by atoms with Crippen LogP contribution in [0, 0.1) is 0 Å². The van der Waals surface area contributed by atoms with E-state index in [0.29, 0.717) is 21.4 Å². The molecule has 1 aromatic carbocycles. The van der Waals surface area contributed by atoms with Gasteiger partial charge in [0, 0.05) is 31.7 Å². The van der Waals surface area contributed by atoms with Crippen molar-refractivity contribution in [2.24, 2.45) is 0 Å². The molecule has 0 bridgehead atoms. The average Bonchev–Trinajstić information content (AvgIpc) is 3.05. The SMILES string of the molecule is C=C1/C(=C(F)\C=C/CN(CC)CCC)N(C)C2N1CCCN2c1ccc(Cl)cc1Cl.CC. The summed E-state index contributed by atoms with van der Waals surface area (Å²) in [6.07, 6.45) is 5.34. The van der Waals surface area contributed by atoms with Gasteiger partial charge in [0.15, 0.2) is 6.29 Å². The first kappa shape index (κ1) is 26.6. The van der Waals surface area contributed by atoms with Crippen LogP contribution in [0.2, 0.25) is 10.0 Å². The molecule has 0 spiro atoms. The molecule has 1 atom stereocenters. The number of fused-ring (bicyclic) bond motifs is 1. The molecule has 2 heterocycles. The number of halogens is 3. The Labute approximate surface area is 203 Å². The van der Waals surface area contributed by atoms with Crippen molar-refractivity contribution >= 4 is 28.9 Å². The van der Waals surface area contributed by atoms with E-state index in [0.717, 1.165) is 51.3 Å². The highest BCUT2D eigenvalue weighted by Crippen LogP contribution is 2.41. The maximum absolute atomic E-state index is 15.2. The van der Waals surface area contributed by atoms with E-state index >= 15 is 4.39 Å². The van der Waals surface area contributed by atoms with Gasteiger partial charge in [-0.15, -0.1) is 0 Å². The van der Waals surface area contributed by atoms with Gasteiger partial charge in [-0.2, -0.15) is 0 Å². The van der Waals surface area contributed by atoms with Crippen molar-refractivity contribution in [1.29, 1.82) is 0 Å². The molecule has 0 aromatic heterocycles. The summed E-state index contributed by atoms with van der Waals surface area (Å²) in [6, 6.07) is 5.51. The molecular formula is C25H37Cl2FN4. The maximum Gasteiger partial charge on any atom is 0.181 e. The third kappa shape index (κ3) is 5.81. The lowest BCUT2D eigenvalue weighted by Crippen LogP contribution is -2.55. The number of nitrogens with zero attached hydrogens (tertiary/aromatic N) is 4. The summed E-state index contributed by atoms with van der Waals surface area (Å²) in [6.45, 7) is 16.8. The van der Waals surface area contributed by atoms with Gasteiger partial charge in [0.1, 0.15) is 5.83 Å². The van der Waals surface area contributed by atoms with Crippen LogP contribution in [-0.4, -0.2) is 60.8 Å². The molecule has 2 aliphatic heterocycles. The van der Waals surface area contributed by atoms with E-state index in [1.807, 2.05) is 44.0 Å². The van der Waals surface area contributed by atoms with Crippen LogP contribution in [-0.2, 0) is 0 Å². The molecular weight excluding hydrogens is 446 g/mol. The lowest BCUT2D eigenvalue weighted by molar-refractivity contribution is 0.146. The second-order valence-electron chi connectivity index (χ2n) is 7.73. The van der Waals surface area contributed by atoms with Gasteiger partial charge in [-0.25, -0.2) is 4.39 Å². The number of likely N-dealkylation sites (N-methyl/N-ethyl adjacent to an activating group) is 2. The minimum absolute atomic E-state index is 0.161. The Morgan fingerprint density at radius 2 is 1.91 bits per heavy atom. The number of benzene rings is 1. The van der Waals surface area contributed by atoms with Crippen molar-refractivity contribution in [2.75, 3.05) is 44.7 Å². The van der Waals surface area contributed by atoms with E-state index < -0.39 is 0 Å². The normalized spacial score (nSPS) is 20.1. The third-order valence-corrected chi connectivity index (χ3v) is 6.27. The molecule has 32 heavy (non-hydrogen) atoms. The molecule has 1 unspecified atom stereocenters. The quantitative estimate of drug-likeness (QED) is 0.426. The van der Waals surface area contributed by atoms with Crippen LogP contribution < -0.4 is 4.90 Å². The standard InChI is InChI=1S/C23H31Cl2FN4.C2H6/c1-5-12-28(6-2)13-7-9-20(26)22-17(3)29-14-8-15-30(23(29)27(22)4)21-11-10-18(24)16-19(21)25;1-2/h7,9-11,16,23H,3,5-6,8,12-15H2,1-2,4H3;1-2H3/b9-7-,22-20-;. The number of hydrogen-bond donors (Lipinski definition) is 0. The minimum atomic E-state index is -0.258. The minimum Gasteiger partial charge on any atom is -0.333 e. The largest absolute Gasteiger partial charge is 0.333 e. The fourth-order valence-electron chi connectivity index (χ4n) is 4.30. The van der Waals surface area contributed by atoms with Crippen molar-refractivity contribution in [2.45, 2.75) is 46.8 Å². The summed E-state index contributed by atoms with van der Waals surface area (Å²) in [5.41, 5.74) is 2.14. The van der Waals surface area contributed by atoms with E-state index in [4.69, 9.17) is 23.2 Å². The zero-order valence-electron chi connectivity index (χ0n) is 20.0. The zero-order chi connectivity index (χ0) is 23.8. The monoisotopic (exact) mass is 482 g/mol. The smallest absolute Gasteiger partial charge is 0.181 e. The first-order chi connectivity index (χ1) is 15.4. The molecule has 1 aromatic rings. The Kier molecular flexibility index (Phi) is 10.4. The summed E-state index contributed by atoms with van der Waals surface area (Å²) in [7, 11) is 1.91. The van der Waals surface area contributed by atoms with Crippen molar-refractivity contribution in [3.05, 3.63) is 64.2 Å². The zero-order valence-corrected chi connectivity index (χ0v) is 21.6. The van der Waals surface area contributed by atoms with Crippen LogP contribution in [0.25, 0.3) is 0 Å². The van der Waals surface area contributed by atoms with E-state index in [1.54, 1.807) is 12.1 Å². The number of allylic oxidation sites excluding steroid dienone is 2. The average molecular weight is 484 g/mol. The Balaban J connectivity index is 0.00000176. The Morgan fingerprint density at radius 3 is 2.53 bits per heavy atom. The number of hydrogen-bond acceptors (Lipinski definition) is 4. The van der Waals surface area contributed by atoms with Crippen LogP contribution >= 0.6 is 23.2 Å². The van der Waals surface area contributed by atoms with Crippen LogP contribution in [0.3, 0.4) is 0 Å². The first-order valence-corrected chi connectivity index (χ1v) is 12.3. The Bertz CT molecular complexity index is 839. The molecule has 0 amide bonds. The summed E-state index contributed by atoms with van der Waals surface area (Å²) in [4.78, 5) is 8.58. The van der Waals surface area contributed by atoms with Gasteiger partial charge >= 0.3 is 0 Å². The maximum atomic E-state index is 15.2. The summed E-state index contributed by atoms with van der Waals surface area (Å²) >= 11 is 12.6. The molecule has 3 rings (SSSR count). The lowest BCUT2D eigenvalue weighted by atomic mass is 10.2. The van der Waals surface area contributed by atoms with E-state index in [2.05, 4.69) is 35.1 Å². The van der Waals surface area contributed by atoms with Gasteiger partial charge in [0.2, 0.25) is 0 Å². The second-order valence-corrected chi connectivity index (χ2v) is 8.58. The van der Waals surface area contributed by atoms with Crippen LogP contribution in [0.5, 0.6) is 0 Å². The van der Waals surface area contributed by atoms with Crippen molar-refractivity contribution in [3.8, 4) is 0 Å². The van der Waals surface area contributed by atoms with Gasteiger partial charge in [-0.1, -0.05) is 63.6 Å². The Morgan fingerprint density at radius 1 is 1.22 bits per heavy atom. The molecule has 4 nitrogen and oxygen atoms in total. The molecule has 2 saturated heterocycles. The van der Waals surface area contributed by atoms with Gasteiger partial charge in [-0.05, 0) is 50.2 Å². The van der Waals surface area contributed by atoms with E-state index in [-0.39, 0.29) is 12.1 Å². The highest BCUT2D eigenvalue weighted by atomic mass is 35.5. The van der Waals surface area contributed by atoms with Gasteiger partial charge < -0.3 is 14.7 Å². The molecule has 7 heteroatoms. The molecule has 0 aliphatic carbocycles. The fraction of sp³-hybridized carbons (Fsp3) is 0.520.